The van der Waals surface area contributed by atoms with Crippen molar-refractivity contribution in [2.24, 2.45) is 4.99 Å². The van der Waals surface area contributed by atoms with E-state index in [-0.39, 0.29) is 24.8 Å². The minimum absolute atomic E-state index is 0. The van der Waals surface area contributed by atoms with E-state index in [1.165, 1.54) is 17.0 Å². The first-order valence-electron chi connectivity index (χ1n) is 10.0. The number of aliphatic imine (C=N–C) groups is 1. The maximum Gasteiger partial charge on any atom is 0.257 e. The van der Waals surface area contributed by atoms with Crippen molar-refractivity contribution >= 4 is 24.0 Å². The Labute approximate surface area is 181 Å². The molecule has 0 saturated heterocycles. The molecule has 0 fully saturated rings. The van der Waals surface area contributed by atoms with Crippen LogP contribution in [-0.2, 0) is 19.5 Å². The van der Waals surface area contributed by atoms with Crippen molar-refractivity contribution < 1.29 is 19.1 Å². The third-order valence-corrected chi connectivity index (χ3v) is 5.43. The zero-order chi connectivity index (χ0) is 19.8. The Morgan fingerprint density at radius 2 is 1.87 bits per heavy atom. The second kappa shape index (κ2) is 8.40. The van der Waals surface area contributed by atoms with E-state index in [0.29, 0.717) is 30.4 Å². The van der Waals surface area contributed by atoms with Gasteiger partial charge in [-0.05, 0) is 25.5 Å². The fourth-order valence-corrected chi connectivity index (χ4v) is 4.03. The number of rotatable bonds is 4. The summed E-state index contributed by atoms with van der Waals surface area (Å²) in [7, 11) is 0. The van der Waals surface area contributed by atoms with Crippen LogP contribution < -0.4 is 19.1 Å². The molecule has 0 aliphatic carbocycles. The quantitative estimate of drug-likeness (QED) is 0.367. The van der Waals surface area contributed by atoms with Crippen molar-refractivity contribution in [3.05, 3.63) is 60.0 Å². The molecule has 7 heteroatoms. The number of hydrogen-bond acceptors (Lipinski definition) is 4. The summed E-state index contributed by atoms with van der Waals surface area (Å²) in [5, 5.41) is 12.7. The zero-order valence-electron chi connectivity index (χ0n) is 16.8. The molecule has 0 saturated carbocycles. The number of ether oxygens (including phenoxy) is 2. The predicted octanol–water partition coefficient (Wildman–Crippen LogP) is 2.98. The van der Waals surface area contributed by atoms with Crippen LogP contribution in [0, 0.1) is 6.92 Å². The van der Waals surface area contributed by atoms with Crippen LogP contribution in [0.4, 0.5) is 5.69 Å². The average molecular weight is 426 g/mol. The summed E-state index contributed by atoms with van der Waals surface area (Å²) in [6, 6.07) is 13.9. The van der Waals surface area contributed by atoms with E-state index in [2.05, 4.69) is 46.9 Å². The van der Waals surface area contributed by atoms with Crippen molar-refractivity contribution in [3.63, 3.8) is 0 Å². The molecule has 5 rings (SSSR count). The molecule has 30 heavy (non-hydrogen) atoms. The largest absolute Gasteiger partial charge is 0.859 e. The fraction of sp³-hybridized carbons (Fsp3) is 0.304. The molecule has 2 aromatic carbocycles. The van der Waals surface area contributed by atoms with Gasteiger partial charge in [0.25, 0.3) is 5.82 Å². The SMILES string of the molecule is Cc1ccc(-c2c[n+](CC([O-])=Nc3ccc4c(c3)OCCO4)c3n2CCC3)cc1.Cl. The highest BCUT2D eigenvalue weighted by Gasteiger charge is 2.28. The van der Waals surface area contributed by atoms with Crippen LogP contribution in [0.25, 0.3) is 11.3 Å². The molecule has 0 unspecified atom stereocenters. The van der Waals surface area contributed by atoms with Gasteiger partial charge in [0, 0.05) is 17.5 Å². The van der Waals surface area contributed by atoms with Crippen molar-refractivity contribution in [2.75, 3.05) is 13.2 Å². The maximum atomic E-state index is 12.7. The molecule has 0 bridgehead atoms. The summed E-state index contributed by atoms with van der Waals surface area (Å²) >= 11 is 0. The Morgan fingerprint density at radius 3 is 2.67 bits per heavy atom. The lowest BCUT2D eigenvalue weighted by Crippen LogP contribution is -2.43. The Morgan fingerprint density at radius 1 is 1.10 bits per heavy atom. The molecule has 1 aromatic heterocycles. The third-order valence-electron chi connectivity index (χ3n) is 5.43. The molecule has 0 radical (unpaired) electrons. The van der Waals surface area contributed by atoms with Gasteiger partial charge in [-0.25, -0.2) is 9.13 Å². The lowest BCUT2D eigenvalue weighted by atomic mass is 10.1. The molecule has 3 heterocycles. The van der Waals surface area contributed by atoms with Crippen LogP contribution in [0.5, 0.6) is 11.5 Å². The fourth-order valence-electron chi connectivity index (χ4n) is 4.03. The Balaban J connectivity index is 0.00000218. The number of hydrogen-bond donors (Lipinski definition) is 0. The minimum Gasteiger partial charge on any atom is -0.859 e. The van der Waals surface area contributed by atoms with Crippen molar-refractivity contribution in [1.29, 1.82) is 0 Å². The maximum absolute atomic E-state index is 12.7. The highest BCUT2D eigenvalue weighted by molar-refractivity contribution is 5.85. The standard InChI is InChI=1S/C23H23N3O3.ClH/c1-16-4-6-17(7-5-16)19-14-25(23-3-2-10-26(19)23)15-22(27)24-18-8-9-20-21(13-18)29-12-11-28-20;/h4-9,13-14H,2-3,10-12,15H2,1H3;1H. The third kappa shape index (κ3) is 3.87. The molecule has 0 atom stereocenters. The van der Waals surface area contributed by atoms with Crippen LogP contribution in [-0.4, -0.2) is 23.7 Å². The number of halogens is 1. The van der Waals surface area contributed by atoms with Crippen molar-refractivity contribution in [3.8, 4) is 22.8 Å². The van der Waals surface area contributed by atoms with E-state index >= 15 is 0 Å². The van der Waals surface area contributed by atoms with E-state index < -0.39 is 0 Å². The summed E-state index contributed by atoms with van der Waals surface area (Å²) in [4.78, 5) is 4.28. The van der Waals surface area contributed by atoms with Crippen LogP contribution >= 0.6 is 12.4 Å². The van der Waals surface area contributed by atoms with Crippen LogP contribution in [0.15, 0.2) is 53.7 Å². The molecule has 6 nitrogen and oxygen atoms in total. The first kappa shape index (κ1) is 20.3. The zero-order valence-corrected chi connectivity index (χ0v) is 17.7. The van der Waals surface area contributed by atoms with Gasteiger partial charge < -0.3 is 14.6 Å². The second-order valence-electron chi connectivity index (χ2n) is 7.51. The number of nitrogens with zero attached hydrogens (tertiary/aromatic N) is 3. The summed E-state index contributed by atoms with van der Waals surface area (Å²) < 4.78 is 15.5. The Hall–Kier alpha value is -2.99. The molecule has 0 amide bonds. The molecular weight excluding hydrogens is 402 g/mol. The molecular formula is C23H24ClN3O3. The van der Waals surface area contributed by atoms with E-state index in [1.54, 1.807) is 18.2 Å². The average Bonchev–Trinajstić information content (AvgIpc) is 3.33. The number of aryl methyl sites for hydroxylation is 1. The predicted molar refractivity (Wildman–Crippen MR) is 115 cm³/mol. The van der Waals surface area contributed by atoms with E-state index in [9.17, 15) is 5.11 Å². The highest BCUT2D eigenvalue weighted by atomic mass is 35.5. The van der Waals surface area contributed by atoms with Gasteiger partial charge >= 0.3 is 0 Å². The van der Waals surface area contributed by atoms with Gasteiger partial charge in [-0.1, -0.05) is 29.8 Å². The van der Waals surface area contributed by atoms with Crippen LogP contribution in [0.1, 0.15) is 17.8 Å². The molecule has 2 aliphatic rings. The Bertz CT molecular complexity index is 1090. The van der Waals surface area contributed by atoms with Crippen molar-refractivity contribution in [1.82, 2.24) is 4.57 Å². The first-order valence-corrected chi connectivity index (χ1v) is 10.0. The topological polar surface area (TPSA) is 62.7 Å². The number of fused-ring (bicyclic) bond motifs is 2. The monoisotopic (exact) mass is 425 g/mol. The summed E-state index contributed by atoms with van der Waals surface area (Å²) in [6.45, 7) is 4.36. The Kier molecular flexibility index (Phi) is 5.68. The number of aromatic nitrogens is 2. The first-order chi connectivity index (χ1) is 14.2. The summed E-state index contributed by atoms with van der Waals surface area (Å²) in [6.07, 6.45) is 4.15. The van der Waals surface area contributed by atoms with E-state index in [1.807, 2.05) is 4.57 Å². The van der Waals surface area contributed by atoms with Gasteiger partial charge in [-0.3, -0.25) is 4.99 Å². The smallest absolute Gasteiger partial charge is 0.257 e. The van der Waals surface area contributed by atoms with Crippen molar-refractivity contribution in [2.45, 2.75) is 32.9 Å². The van der Waals surface area contributed by atoms with Gasteiger partial charge in [-0.2, -0.15) is 0 Å². The van der Waals surface area contributed by atoms with E-state index in [4.69, 9.17) is 9.47 Å². The second-order valence-corrected chi connectivity index (χ2v) is 7.51. The molecule has 0 N–H and O–H groups in total. The minimum atomic E-state index is -0.178. The lowest BCUT2D eigenvalue weighted by Gasteiger charge is -2.18. The number of benzene rings is 2. The van der Waals surface area contributed by atoms with Gasteiger partial charge in [0.15, 0.2) is 17.2 Å². The summed E-state index contributed by atoms with van der Waals surface area (Å²) in [5.41, 5.74) is 4.16. The molecule has 3 aromatic rings. The van der Waals surface area contributed by atoms with Crippen LogP contribution in [0.3, 0.4) is 0 Å². The molecule has 156 valence electrons. The van der Waals surface area contributed by atoms with Gasteiger partial charge in [0.1, 0.15) is 26.0 Å². The van der Waals surface area contributed by atoms with Gasteiger partial charge in [0.05, 0.1) is 18.7 Å². The number of imidazole rings is 1. The lowest BCUT2D eigenvalue weighted by molar-refractivity contribution is -0.693. The molecule has 0 spiro atoms. The van der Waals surface area contributed by atoms with Crippen LogP contribution in [0.2, 0.25) is 0 Å². The van der Waals surface area contributed by atoms with E-state index in [0.717, 1.165) is 25.1 Å². The van der Waals surface area contributed by atoms with Gasteiger partial charge in [-0.15, -0.1) is 12.4 Å². The summed E-state index contributed by atoms with van der Waals surface area (Å²) in [5.74, 6) is 2.35. The molecule has 2 aliphatic heterocycles. The highest BCUT2D eigenvalue weighted by Crippen LogP contribution is 2.33. The normalized spacial score (nSPS) is 14.9. The van der Waals surface area contributed by atoms with Gasteiger partial charge in [0.2, 0.25) is 0 Å².